The summed E-state index contributed by atoms with van der Waals surface area (Å²) < 4.78 is 0. The molecule has 3 amide bonds. The Morgan fingerprint density at radius 2 is 1.88 bits per heavy atom. The number of urea groups is 1. The molecule has 0 bridgehead atoms. The third-order valence-corrected chi connectivity index (χ3v) is 2.64. The van der Waals surface area contributed by atoms with Crippen LogP contribution in [0.4, 0.5) is 4.79 Å². The average molecular weight is 262 g/mol. The second-order valence-corrected chi connectivity index (χ2v) is 4.86. The van der Waals surface area contributed by atoms with Crippen LogP contribution >= 0.6 is 11.8 Å². The lowest BCUT2D eigenvalue weighted by Crippen LogP contribution is -2.41. The second kappa shape index (κ2) is 8.86. The van der Waals surface area contributed by atoms with Crippen LogP contribution in [0.15, 0.2) is 0 Å². The van der Waals surface area contributed by atoms with Gasteiger partial charge in [0, 0.05) is 6.54 Å². The maximum atomic E-state index is 11.2. The summed E-state index contributed by atoms with van der Waals surface area (Å²) in [6.07, 6.45) is 0.843. The molecule has 98 valence electrons. The summed E-state index contributed by atoms with van der Waals surface area (Å²) in [5.74, 6) is -1.17. The molecule has 0 aliphatic heterocycles. The molecule has 7 heteroatoms. The van der Waals surface area contributed by atoms with Crippen molar-refractivity contribution in [3.63, 3.8) is 0 Å². The fourth-order valence-electron chi connectivity index (χ4n) is 0.912. The lowest BCUT2D eigenvalue weighted by atomic mass is 10.1. The number of hydrogen-bond acceptors (Lipinski definition) is 4. The van der Waals surface area contributed by atoms with Crippen molar-refractivity contribution in [1.29, 1.82) is 0 Å². The van der Waals surface area contributed by atoms with E-state index in [4.69, 9.17) is 5.11 Å². The van der Waals surface area contributed by atoms with Crippen LogP contribution in [0, 0.1) is 5.92 Å². The highest BCUT2D eigenvalue weighted by Gasteiger charge is 2.08. The number of carbonyl (C=O) groups is 3. The van der Waals surface area contributed by atoms with Gasteiger partial charge in [-0.05, 0) is 12.3 Å². The monoisotopic (exact) mass is 262 g/mol. The van der Waals surface area contributed by atoms with Crippen molar-refractivity contribution in [1.82, 2.24) is 10.6 Å². The molecule has 0 aromatic rings. The van der Waals surface area contributed by atoms with Gasteiger partial charge < -0.3 is 10.4 Å². The Bertz CT molecular complexity index is 281. The fraction of sp³-hybridized carbons (Fsp3) is 0.700. The lowest BCUT2D eigenvalue weighted by Gasteiger charge is -2.07. The molecular formula is C10H18N2O4S. The number of amides is 3. The number of nitrogens with one attached hydrogen (secondary N) is 2. The Labute approximate surface area is 105 Å². The molecule has 0 spiro atoms. The molecule has 0 aliphatic carbocycles. The summed E-state index contributed by atoms with van der Waals surface area (Å²) in [6, 6.07) is -0.536. The van der Waals surface area contributed by atoms with Gasteiger partial charge >= 0.3 is 12.0 Å². The Kier molecular flexibility index (Phi) is 8.21. The number of aliphatic carboxylic acids is 1. The van der Waals surface area contributed by atoms with E-state index < -0.39 is 17.9 Å². The van der Waals surface area contributed by atoms with E-state index in [9.17, 15) is 14.4 Å². The van der Waals surface area contributed by atoms with Gasteiger partial charge in [-0.15, -0.1) is 11.8 Å². The zero-order chi connectivity index (χ0) is 13.3. The van der Waals surface area contributed by atoms with Crippen LogP contribution in [-0.2, 0) is 9.59 Å². The molecule has 17 heavy (non-hydrogen) atoms. The summed E-state index contributed by atoms with van der Waals surface area (Å²) >= 11 is 0.949. The minimum atomic E-state index is -0.982. The fourth-order valence-corrected chi connectivity index (χ4v) is 1.45. The van der Waals surface area contributed by atoms with E-state index in [0.29, 0.717) is 12.5 Å². The van der Waals surface area contributed by atoms with Gasteiger partial charge in [0.15, 0.2) is 0 Å². The number of rotatable bonds is 7. The summed E-state index contributed by atoms with van der Waals surface area (Å²) in [5, 5.41) is 13.0. The van der Waals surface area contributed by atoms with Gasteiger partial charge in [-0.25, -0.2) is 4.79 Å². The SMILES string of the molecule is CC(C)CCNC(=O)NC(=O)CSCC(=O)O. The van der Waals surface area contributed by atoms with Crippen LogP contribution in [0.2, 0.25) is 0 Å². The van der Waals surface area contributed by atoms with Crippen LogP contribution in [-0.4, -0.2) is 41.1 Å². The van der Waals surface area contributed by atoms with Crippen molar-refractivity contribution >= 4 is 29.7 Å². The smallest absolute Gasteiger partial charge is 0.321 e. The number of carbonyl (C=O) groups excluding carboxylic acids is 2. The van der Waals surface area contributed by atoms with Crippen LogP contribution < -0.4 is 10.6 Å². The van der Waals surface area contributed by atoms with Crippen LogP contribution in [0.25, 0.3) is 0 Å². The maximum Gasteiger partial charge on any atom is 0.321 e. The van der Waals surface area contributed by atoms with Crippen molar-refractivity contribution in [3.8, 4) is 0 Å². The van der Waals surface area contributed by atoms with Gasteiger partial charge in [0.05, 0.1) is 11.5 Å². The lowest BCUT2D eigenvalue weighted by molar-refractivity contribution is -0.133. The number of thioether (sulfide) groups is 1. The van der Waals surface area contributed by atoms with Gasteiger partial charge in [-0.3, -0.25) is 14.9 Å². The molecule has 3 N–H and O–H groups in total. The van der Waals surface area contributed by atoms with Gasteiger partial charge in [0.25, 0.3) is 0 Å². The molecule has 0 rings (SSSR count). The van der Waals surface area contributed by atoms with E-state index in [2.05, 4.69) is 10.6 Å². The van der Waals surface area contributed by atoms with Crippen molar-refractivity contribution in [2.75, 3.05) is 18.1 Å². The Morgan fingerprint density at radius 1 is 1.24 bits per heavy atom. The average Bonchev–Trinajstić information content (AvgIpc) is 2.15. The van der Waals surface area contributed by atoms with Gasteiger partial charge in [-0.1, -0.05) is 13.8 Å². The highest BCUT2D eigenvalue weighted by Crippen LogP contribution is 1.98. The number of imide groups is 1. The van der Waals surface area contributed by atoms with E-state index in [1.807, 2.05) is 13.8 Å². The molecule has 0 saturated heterocycles. The molecule has 0 saturated carbocycles. The predicted octanol–water partition coefficient (Wildman–Crippen LogP) is 0.676. The third kappa shape index (κ3) is 11.0. The third-order valence-electron chi connectivity index (χ3n) is 1.72. The molecule has 0 atom stereocenters. The number of carboxylic acid groups (broad SMARTS) is 1. The van der Waals surface area contributed by atoms with E-state index in [1.165, 1.54) is 0 Å². The predicted molar refractivity (Wildman–Crippen MR) is 66.0 cm³/mol. The van der Waals surface area contributed by atoms with Gasteiger partial charge in [-0.2, -0.15) is 0 Å². The Balaban J connectivity index is 3.59. The topological polar surface area (TPSA) is 95.5 Å². The van der Waals surface area contributed by atoms with Crippen LogP contribution in [0.5, 0.6) is 0 Å². The highest BCUT2D eigenvalue weighted by atomic mass is 32.2. The van der Waals surface area contributed by atoms with Crippen molar-refractivity contribution in [3.05, 3.63) is 0 Å². The zero-order valence-corrected chi connectivity index (χ0v) is 10.8. The molecule has 6 nitrogen and oxygen atoms in total. The first-order chi connectivity index (χ1) is 7.91. The Hall–Kier alpha value is -1.24. The molecule has 0 radical (unpaired) electrons. The number of hydrogen-bond donors (Lipinski definition) is 3. The first kappa shape index (κ1) is 15.8. The molecule has 0 unspecified atom stereocenters. The van der Waals surface area contributed by atoms with Gasteiger partial charge in [0.2, 0.25) is 5.91 Å². The zero-order valence-electron chi connectivity index (χ0n) is 9.99. The van der Waals surface area contributed by atoms with E-state index >= 15 is 0 Å². The molecule has 0 aromatic heterocycles. The van der Waals surface area contributed by atoms with E-state index in [-0.39, 0.29) is 11.5 Å². The number of carboxylic acids is 1. The second-order valence-electron chi connectivity index (χ2n) is 3.87. The minimum Gasteiger partial charge on any atom is -0.481 e. The van der Waals surface area contributed by atoms with E-state index in [1.54, 1.807) is 0 Å². The van der Waals surface area contributed by atoms with Crippen LogP contribution in [0.1, 0.15) is 20.3 Å². The maximum absolute atomic E-state index is 11.2. The summed E-state index contributed by atoms with van der Waals surface area (Å²) in [7, 11) is 0. The summed E-state index contributed by atoms with van der Waals surface area (Å²) in [6.45, 7) is 4.58. The highest BCUT2D eigenvalue weighted by molar-refractivity contribution is 8.00. The van der Waals surface area contributed by atoms with Crippen LogP contribution in [0.3, 0.4) is 0 Å². The molecule has 0 heterocycles. The molecule has 0 aromatic carbocycles. The summed E-state index contributed by atoms with van der Waals surface area (Å²) in [5.41, 5.74) is 0. The minimum absolute atomic E-state index is 0.0378. The van der Waals surface area contributed by atoms with Crippen molar-refractivity contribution in [2.45, 2.75) is 20.3 Å². The Morgan fingerprint density at radius 3 is 2.41 bits per heavy atom. The normalized spacial score (nSPS) is 10.1. The molecular weight excluding hydrogens is 244 g/mol. The molecule has 0 fully saturated rings. The standard InChI is InChI=1S/C10H18N2O4S/c1-7(2)3-4-11-10(16)12-8(13)5-17-6-9(14)15/h7H,3-6H2,1-2H3,(H,14,15)(H2,11,12,13,16). The van der Waals surface area contributed by atoms with Crippen molar-refractivity contribution in [2.24, 2.45) is 5.92 Å². The first-order valence-electron chi connectivity index (χ1n) is 5.29. The summed E-state index contributed by atoms with van der Waals surface area (Å²) in [4.78, 5) is 32.5. The van der Waals surface area contributed by atoms with E-state index in [0.717, 1.165) is 18.2 Å². The largest absolute Gasteiger partial charge is 0.481 e. The van der Waals surface area contributed by atoms with Crippen molar-refractivity contribution < 1.29 is 19.5 Å². The molecule has 0 aliphatic rings. The van der Waals surface area contributed by atoms with Gasteiger partial charge in [0.1, 0.15) is 0 Å². The quantitative estimate of drug-likeness (QED) is 0.627. The first-order valence-corrected chi connectivity index (χ1v) is 6.44.